The molecule has 3 aromatic rings. The number of nitrogens with one attached hydrogen (secondary N) is 1. The van der Waals surface area contributed by atoms with Crippen LogP contribution in [0.25, 0.3) is 10.2 Å². The molecule has 0 unspecified atom stereocenters. The number of piperidine rings is 1. The summed E-state index contributed by atoms with van der Waals surface area (Å²) in [5, 5.41) is 1.73. The van der Waals surface area contributed by atoms with Crippen molar-refractivity contribution in [3.63, 3.8) is 0 Å². The first-order valence-electron chi connectivity index (χ1n) is 8.88. The molecule has 4 rings (SSSR count). The van der Waals surface area contributed by atoms with Gasteiger partial charge in [-0.15, -0.1) is 11.3 Å². The second-order valence-electron chi connectivity index (χ2n) is 6.70. The van der Waals surface area contributed by atoms with Gasteiger partial charge in [0.25, 0.3) is 5.56 Å². The minimum Gasteiger partial charge on any atom is -0.495 e. The molecule has 154 valence electrons. The number of sulfonamides is 1. The number of methoxy groups -OCH3 is 1. The number of aromatic amines is 1. The smallest absolute Gasteiger partial charge is 0.329 e. The van der Waals surface area contributed by atoms with Gasteiger partial charge in [-0.2, -0.15) is 4.31 Å². The van der Waals surface area contributed by atoms with Crippen molar-refractivity contribution in [3.8, 4) is 5.75 Å². The maximum atomic E-state index is 13.6. The van der Waals surface area contributed by atoms with E-state index in [9.17, 15) is 22.4 Å². The Morgan fingerprint density at radius 3 is 2.62 bits per heavy atom. The number of fused-ring (bicyclic) bond motifs is 1. The summed E-state index contributed by atoms with van der Waals surface area (Å²) in [6.07, 6.45) is 0.577. The van der Waals surface area contributed by atoms with Crippen LogP contribution in [0.15, 0.2) is 44.1 Å². The lowest BCUT2D eigenvalue weighted by molar-refractivity contribution is 0.265. The van der Waals surface area contributed by atoms with Crippen molar-refractivity contribution in [2.24, 2.45) is 0 Å². The molecule has 1 saturated heterocycles. The molecular formula is C18H18FN3O5S2. The molecule has 0 bridgehead atoms. The van der Waals surface area contributed by atoms with Crippen LogP contribution >= 0.6 is 11.3 Å². The van der Waals surface area contributed by atoms with Gasteiger partial charge in [-0.3, -0.25) is 9.36 Å². The van der Waals surface area contributed by atoms with Crippen LogP contribution in [-0.4, -0.2) is 42.5 Å². The second-order valence-corrected chi connectivity index (χ2v) is 9.52. The molecule has 1 aromatic carbocycles. The van der Waals surface area contributed by atoms with Crippen LogP contribution in [0.5, 0.6) is 5.75 Å². The van der Waals surface area contributed by atoms with Gasteiger partial charge in [0.1, 0.15) is 21.2 Å². The molecule has 2 aromatic heterocycles. The molecule has 3 heterocycles. The minimum atomic E-state index is -3.98. The van der Waals surface area contributed by atoms with Crippen LogP contribution in [0.1, 0.15) is 18.9 Å². The van der Waals surface area contributed by atoms with Gasteiger partial charge in [-0.05, 0) is 42.5 Å². The molecule has 0 radical (unpaired) electrons. The molecule has 29 heavy (non-hydrogen) atoms. The second kappa shape index (κ2) is 7.39. The van der Waals surface area contributed by atoms with Crippen molar-refractivity contribution < 1.29 is 17.5 Å². The van der Waals surface area contributed by atoms with Crippen LogP contribution < -0.4 is 16.0 Å². The van der Waals surface area contributed by atoms with E-state index in [1.165, 1.54) is 33.4 Å². The SMILES string of the molecule is COc1ccc(F)cc1S(=O)(=O)N1CCC(n2c(=O)[nH]c3ccsc3c2=O)CC1. The number of halogens is 1. The Morgan fingerprint density at radius 1 is 1.21 bits per heavy atom. The molecule has 11 heteroatoms. The Hall–Kier alpha value is -2.50. The number of nitrogens with zero attached hydrogens (tertiary/aromatic N) is 2. The predicted molar refractivity (Wildman–Crippen MR) is 107 cm³/mol. The number of hydrogen-bond donors (Lipinski definition) is 1. The first kappa shape index (κ1) is 19.8. The highest BCUT2D eigenvalue weighted by atomic mass is 32.2. The zero-order valence-electron chi connectivity index (χ0n) is 15.4. The quantitative estimate of drug-likeness (QED) is 0.669. The maximum Gasteiger partial charge on any atom is 0.329 e. The molecule has 0 amide bonds. The lowest BCUT2D eigenvalue weighted by Gasteiger charge is -2.31. The average molecular weight is 439 g/mol. The van der Waals surface area contributed by atoms with Crippen molar-refractivity contribution in [1.29, 1.82) is 0 Å². The summed E-state index contributed by atoms with van der Waals surface area (Å²) in [6.45, 7) is 0.196. The van der Waals surface area contributed by atoms with Crippen molar-refractivity contribution in [3.05, 3.63) is 56.3 Å². The number of benzene rings is 1. The van der Waals surface area contributed by atoms with E-state index in [2.05, 4.69) is 4.98 Å². The van der Waals surface area contributed by atoms with Crippen molar-refractivity contribution >= 4 is 31.6 Å². The lowest BCUT2D eigenvalue weighted by Crippen LogP contribution is -2.44. The minimum absolute atomic E-state index is 0.0596. The fraction of sp³-hybridized carbons (Fsp3) is 0.333. The van der Waals surface area contributed by atoms with E-state index in [0.717, 1.165) is 12.1 Å². The number of aromatic nitrogens is 2. The van der Waals surface area contributed by atoms with Crippen molar-refractivity contribution in [1.82, 2.24) is 13.9 Å². The highest BCUT2D eigenvalue weighted by Gasteiger charge is 2.33. The monoisotopic (exact) mass is 439 g/mol. The highest BCUT2D eigenvalue weighted by Crippen LogP contribution is 2.31. The lowest BCUT2D eigenvalue weighted by atomic mass is 10.1. The topological polar surface area (TPSA) is 101 Å². The molecule has 0 spiro atoms. The van der Waals surface area contributed by atoms with Crippen LogP contribution in [0.2, 0.25) is 0 Å². The van der Waals surface area contributed by atoms with E-state index in [-0.39, 0.29) is 42.1 Å². The number of H-pyrrole nitrogens is 1. The summed E-state index contributed by atoms with van der Waals surface area (Å²) in [4.78, 5) is 27.5. The fourth-order valence-electron chi connectivity index (χ4n) is 3.61. The Bertz CT molecular complexity index is 1290. The average Bonchev–Trinajstić information content (AvgIpc) is 3.17. The Labute approximate surface area is 169 Å². The van der Waals surface area contributed by atoms with Gasteiger partial charge < -0.3 is 9.72 Å². The Kier molecular flexibility index (Phi) is 5.05. The van der Waals surface area contributed by atoms with E-state index in [0.29, 0.717) is 10.2 Å². The summed E-state index contributed by atoms with van der Waals surface area (Å²) < 4.78 is 47.5. The molecule has 1 fully saturated rings. The van der Waals surface area contributed by atoms with E-state index >= 15 is 0 Å². The van der Waals surface area contributed by atoms with Crippen LogP contribution in [0.4, 0.5) is 4.39 Å². The molecule has 0 atom stereocenters. The van der Waals surface area contributed by atoms with Crippen molar-refractivity contribution in [2.45, 2.75) is 23.8 Å². The molecule has 1 aliphatic rings. The third-order valence-corrected chi connectivity index (χ3v) is 7.89. The third kappa shape index (κ3) is 3.38. The first-order valence-corrected chi connectivity index (χ1v) is 11.2. The molecule has 1 N–H and O–H groups in total. The molecule has 8 nitrogen and oxygen atoms in total. The Balaban J connectivity index is 1.61. The number of rotatable bonds is 4. The number of thiophene rings is 1. The molecular weight excluding hydrogens is 421 g/mol. The van der Waals surface area contributed by atoms with E-state index in [1.807, 2.05) is 0 Å². The summed E-state index contributed by atoms with van der Waals surface area (Å²) >= 11 is 1.25. The van der Waals surface area contributed by atoms with Gasteiger partial charge in [-0.25, -0.2) is 17.6 Å². The highest BCUT2D eigenvalue weighted by molar-refractivity contribution is 7.89. The van der Waals surface area contributed by atoms with E-state index in [4.69, 9.17) is 4.74 Å². The van der Waals surface area contributed by atoms with Crippen LogP contribution in [0, 0.1) is 5.82 Å². The fourth-order valence-corrected chi connectivity index (χ4v) is 6.04. The van der Waals surface area contributed by atoms with Gasteiger partial charge in [-0.1, -0.05) is 0 Å². The molecule has 0 aliphatic carbocycles. The zero-order valence-corrected chi connectivity index (χ0v) is 17.1. The van der Waals surface area contributed by atoms with Gasteiger partial charge in [0, 0.05) is 19.1 Å². The van der Waals surface area contributed by atoms with Crippen molar-refractivity contribution in [2.75, 3.05) is 20.2 Å². The maximum absolute atomic E-state index is 13.6. The Morgan fingerprint density at radius 2 is 1.93 bits per heavy atom. The number of ether oxygens (including phenoxy) is 1. The predicted octanol–water partition coefficient (Wildman–Crippen LogP) is 1.92. The third-order valence-electron chi connectivity index (χ3n) is 5.07. The van der Waals surface area contributed by atoms with E-state index in [1.54, 1.807) is 11.4 Å². The first-order chi connectivity index (χ1) is 13.8. The van der Waals surface area contributed by atoms with Gasteiger partial charge in [0.2, 0.25) is 10.0 Å². The van der Waals surface area contributed by atoms with Gasteiger partial charge >= 0.3 is 5.69 Å². The zero-order chi connectivity index (χ0) is 20.8. The summed E-state index contributed by atoms with van der Waals surface area (Å²) in [5.41, 5.74) is -0.375. The summed E-state index contributed by atoms with van der Waals surface area (Å²) in [7, 11) is -2.66. The number of hydrogen-bond acceptors (Lipinski definition) is 6. The van der Waals surface area contributed by atoms with Crippen LogP contribution in [0.3, 0.4) is 0 Å². The van der Waals surface area contributed by atoms with Gasteiger partial charge in [0.15, 0.2) is 0 Å². The largest absolute Gasteiger partial charge is 0.495 e. The summed E-state index contributed by atoms with van der Waals surface area (Å²) in [5.74, 6) is -0.620. The van der Waals surface area contributed by atoms with Crippen LogP contribution in [-0.2, 0) is 10.0 Å². The normalized spacial score (nSPS) is 16.3. The molecule has 0 saturated carbocycles. The standard InChI is InChI=1S/C18H18FN3O5S2/c1-27-14-3-2-11(19)10-15(14)29(25,26)21-7-4-12(5-8-21)22-17(23)16-13(6-9-28-16)20-18(22)24/h2-3,6,9-10,12H,4-5,7-8H2,1H3,(H,20,24). The molecule has 1 aliphatic heterocycles. The summed E-state index contributed by atoms with van der Waals surface area (Å²) in [6, 6.07) is 4.58. The van der Waals surface area contributed by atoms with Gasteiger partial charge in [0.05, 0.1) is 12.6 Å². The van der Waals surface area contributed by atoms with E-state index < -0.39 is 27.6 Å².